The maximum Gasteiger partial charge on any atom is 0.338 e. The smallest absolute Gasteiger partial charge is 0.338 e. The summed E-state index contributed by atoms with van der Waals surface area (Å²) in [4.78, 5) is 28.2. The van der Waals surface area contributed by atoms with Crippen molar-refractivity contribution >= 4 is 11.9 Å². The van der Waals surface area contributed by atoms with E-state index in [1.165, 1.54) is 26.4 Å². The SMILES string of the molecule is COC(=O)c1cc(OC)cc(C(=O)N2CCCC(O)(CN(C)C)C2)c1. The Bertz CT molecular complexity index is 646. The van der Waals surface area contributed by atoms with E-state index in [1.54, 1.807) is 11.0 Å². The summed E-state index contributed by atoms with van der Waals surface area (Å²) >= 11 is 0. The molecule has 2 rings (SSSR count). The number of carbonyl (C=O) groups is 2. The van der Waals surface area contributed by atoms with Crippen LogP contribution < -0.4 is 4.74 Å². The average Bonchev–Trinajstić information content (AvgIpc) is 2.58. The van der Waals surface area contributed by atoms with E-state index >= 15 is 0 Å². The maximum absolute atomic E-state index is 12.9. The van der Waals surface area contributed by atoms with E-state index in [9.17, 15) is 14.7 Å². The Kier molecular flexibility index (Phi) is 6.02. The van der Waals surface area contributed by atoms with E-state index in [4.69, 9.17) is 9.47 Å². The fourth-order valence-electron chi connectivity index (χ4n) is 3.26. The molecular formula is C18H26N2O5. The van der Waals surface area contributed by atoms with Gasteiger partial charge in [-0.2, -0.15) is 0 Å². The molecule has 1 fully saturated rings. The highest BCUT2D eigenvalue weighted by Crippen LogP contribution is 2.25. The first-order chi connectivity index (χ1) is 11.8. The van der Waals surface area contributed by atoms with Crippen molar-refractivity contribution in [2.24, 2.45) is 0 Å². The number of ether oxygens (including phenoxy) is 2. The zero-order valence-electron chi connectivity index (χ0n) is 15.2. The number of amides is 1. The first-order valence-electron chi connectivity index (χ1n) is 8.22. The van der Waals surface area contributed by atoms with Crippen LogP contribution in [0.25, 0.3) is 0 Å². The molecule has 1 N–H and O–H groups in total. The van der Waals surface area contributed by atoms with Crippen LogP contribution in [0.3, 0.4) is 0 Å². The zero-order valence-corrected chi connectivity index (χ0v) is 15.2. The van der Waals surface area contributed by atoms with Gasteiger partial charge in [-0.05, 0) is 45.1 Å². The van der Waals surface area contributed by atoms with Gasteiger partial charge in [-0.15, -0.1) is 0 Å². The van der Waals surface area contributed by atoms with Crippen LogP contribution in [0.4, 0.5) is 0 Å². The van der Waals surface area contributed by atoms with Crippen LogP contribution in [-0.2, 0) is 4.74 Å². The molecule has 7 heteroatoms. The fourth-order valence-corrected chi connectivity index (χ4v) is 3.26. The van der Waals surface area contributed by atoms with Gasteiger partial charge in [0, 0.05) is 18.7 Å². The normalized spacial score (nSPS) is 20.5. The lowest BCUT2D eigenvalue weighted by Crippen LogP contribution is -2.54. The standard InChI is InChI=1S/C18H26N2O5/c1-19(2)11-18(23)6-5-7-20(12-18)16(21)13-8-14(17(22)25-4)10-15(9-13)24-3/h8-10,23H,5-7,11-12H2,1-4H3. The van der Waals surface area contributed by atoms with Crippen LogP contribution in [0.5, 0.6) is 5.75 Å². The number of methoxy groups -OCH3 is 2. The summed E-state index contributed by atoms with van der Waals surface area (Å²) in [6, 6.07) is 4.62. The highest BCUT2D eigenvalue weighted by molar-refractivity contribution is 5.98. The van der Waals surface area contributed by atoms with Crippen LogP contribution in [0.15, 0.2) is 18.2 Å². The van der Waals surface area contributed by atoms with Crippen LogP contribution in [0.1, 0.15) is 33.6 Å². The van der Waals surface area contributed by atoms with Crippen molar-refractivity contribution in [1.82, 2.24) is 9.80 Å². The van der Waals surface area contributed by atoms with Crippen LogP contribution in [0.2, 0.25) is 0 Å². The van der Waals surface area contributed by atoms with E-state index < -0.39 is 11.6 Å². The Labute approximate surface area is 148 Å². The predicted molar refractivity (Wildman–Crippen MR) is 93.0 cm³/mol. The summed E-state index contributed by atoms with van der Waals surface area (Å²) in [7, 11) is 6.55. The third-order valence-electron chi connectivity index (χ3n) is 4.26. The molecule has 1 aromatic carbocycles. The summed E-state index contributed by atoms with van der Waals surface area (Å²) in [5.41, 5.74) is -0.332. The van der Waals surface area contributed by atoms with Crippen molar-refractivity contribution in [2.45, 2.75) is 18.4 Å². The molecule has 0 aliphatic carbocycles. The van der Waals surface area contributed by atoms with Gasteiger partial charge in [-0.25, -0.2) is 4.79 Å². The molecule has 1 amide bonds. The number of nitrogens with zero attached hydrogens (tertiary/aromatic N) is 2. The fraction of sp³-hybridized carbons (Fsp3) is 0.556. The lowest BCUT2D eigenvalue weighted by molar-refractivity contribution is -0.0391. The number of piperidine rings is 1. The third kappa shape index (κ3) is 4.70. The molecule has 1 saturated heterocycles. The number of hydrogen-bond acceptors (Lipinski definition) is 6. The average molecular weight is 350 g/mol. The Balaban J connectivity index is 2.26. The lowest BCUT2D eigenvalue weighted by Gasteiger charge is -2.40. The number of rotatable bonds is 5. The number of aliphatic hydroxyl groups is 1. The van der Waals surface area contributed by atoms with Crippen molar-refractivity contribution in [3.8, 4) is 5.75 Å². The Morgan fingerprint density at radius 3 is 2.52 bits per heavy atom. The molecule has 0 saturated carbocycles. The number of esters is 1. The minimum absolute atomic E-state index is 0.235. The second-order valence-corrected chi connectivity index (χ2v) is 6.73. The highest BCUT2D eigenvalue weighted by atomic mass is 16.5. The monoisotopic (exact) mass is 350 g/mol. The lowest BCUT2D eigenvalue weighted by atomic mass is 9.92. The summed E-state index contributed by atoms with van der Waals surface area (Å²) in [6.45, 7) is 1.32. The summed E-state index contributed by atoms with van der Waals surface area (Å²) in [5, 5.41) is 10.8. The quantitative estimate of drug-likeness (QED) is 0.799. The van der Waals surface area contributed by atoms with E-state index in [-0.39, 0.29) is 18.0 Å². The number of hydrogen-bond donors (Lipinski definition) is 1. The minimum atomic E-state index is -0.929. The van der Waals surface area contributed by atoms with Gasteiger partial charge in [0.05, 0.1) is 31.9 Å². The second-order valence-electron chi connectivity index (χ2n) is 6.73. The van der Waals surface area contributed by atoms with Crippen LogP contribution >= 0.6 is 0 Å². The Hall–Kier alpha value is -2.12. The molecule has 25 heavy (non-hydrogen) atoms. The maximum atomic E-state index is 12.9. The third-order valence-corrected chi connectivity index (χ3v) is 4.26. The molecule has 1 unspecified atom stereocenters. The number of likely N-dealkylation sites (tertiary alicyclic amines) is 1. The van der Waals surface area contributed by atoms with E-state index in [1.807, 2.05) is 19.0 Å². The largest absolute Gasteiger partial charge is 0.497 e. The molecule has 1 atom stereocenters. The zero-order chi connectivity index (χ0) is 18.6. The molecule has 7 nitrogen and oxygen atoms in total. The molecule has 0 bridgehead atoms. The summed E-state index contributed by atoms with van der Waals surface area (Å²) in [6.07, 6.45) is 1.38. The molecule has 1 aromatic rings. The molecule has 1 aliphatic heterocycles. The molecular weight excluding hydrogens is 324 g/mol. The van der Waals surface area contributed by atoms with Crippen molar-refractivity contribution in [3.63, 3.8) is 0 Å². The van der Waals surface area contributed by atoms with E-state index in [2.05, 4.69) is 0 Å². The van der Waals surface area contributed by atoms with Gasteiger partial charge in [0.2, 0.25) is 0 Å². The van der Waals surface area contributed by atoms with Gasteiger partial charge in [0.1, 0.15) is 5.75 Å². The first kappa shape index (κ1) is 19.2. The second kappa shape index (κ2) is 7.84. The van der Waals surface area contributed by atoms with Gasteiger partial charge in [0.25, 0.3) is 5.91 Å². The molecule has 0 radical (unpaired) electrons. The van der Waals surface area contributed by atoms with Crippen molar-refractivity contribution < 1.29 is 24.2 Å². The predicted octanol–water partition coefficient (Wildman–Crippen LogP) is 1.01. The van der Waals surface area contributed by atoms with Crippen molar-refractivity contribution in [2.75, 3.05) is 47.9 Å². The van der Waals surface area contributed by atoms with Crippen LogP contribution in [0, 0.1) is 0 Å². The topological polar surface area (TPSA) is 79.3 Å². The highest BCUT2D eigenvalue weighted by Gasteiger charge is 2.36. The Morgan fingerprint density at radius 2 is 1.92 bits per heavy atom. The van der Waals surface area contributed by atoms with Gasteiger partial charge in [-0.1, -0.05) is 0 Å². The minimum Gasteiger partial charge on any atom is -0.497 e. The molecule has 1 aliphatic rings. The molecule has 138 valence electrons. The number of carbonyl (C=O) groups excluding carboxylic acids is 2. The summed E-state index contributed by atoms with van der Waals surface area (Å²) in [5.74, 6) is -0.358. The molecule has 0 aromatic heterocycles. The van der Waals surface area contributed by atoms with E-state index in [0.717, 1.165) is 6.42 Å². The molecule has 1 heterocycles. The number of β-amino-alcohol motifs (C(OH)–C–C–N with tert-alkyl or cyclic N) is 1. The van der Waals surface area contributed by atoms with Gasteiger partial charge < -0.3 is 24.4 Å². The van der Waals surface area contributed by atoms with Crippen molar-refractivity contribution in [3.05, 3.63) is 29.3 Å². The van der Waals surface area contributed by atoms with E-state index in [0.29, 0.717) is 30.8 Å². The number of benzene rings is 1. The summed E-state index contributed by atoms with van der Waals surface area (Å²) < 4.78 is 9.91. The van der Waals surface area contributed by atoms with Gasteiger partial charge in [-0.3, -0.25) is 4.79 Å². The van der Waals surface area contributed by atoms with Crippen LogP contribution in [-0.4, -0.2) is 80.3 Å². The Morgan fingerprint density at radius 1 is 1.24 bits per heavy atom. The van der Waals surface area contributed by atoms with Gasteiger partial charge >= 0.3 is 5.97 Å². The first-order valence-corrected chi connectivity index (χ1v) is 8.22. The van der Waals surface area contributed by atoms with Gasteiger partial charge in [0.15, 0.2) is 0 Å². The van der Waals surface area contributed by atoms with Crippen molar-refractivity contribution in [1.29, 1.82) is 0 Å². The molecule has 0 spiro atoms. The number of likely N-dealkylation sites (N-methyl/N-ethyl adjacent to an activating group) is 1.